The first-order valence-electron chi connectivity index (χ1n) is 6.91. The van der Waals surface area contributed by atoms with E-state index in [0.717, 1.165) is 12.5 Å². The fourth-order valence-corrected chi connectivity index (χ4v) is 2.00. The van der Waals surface area contributed by atoms with E-state index in [0.29, 0.717) is 12.1 Å². The molecular formula is C15H20F2N2O2. The average molecular weight is 298 g/mol. The minimum Gasteiger partial charge on any atom is -0.444 e. The van der Waals surface area contributed by atoms with Crippen LogP contribution in [0, 0.1) is 11.6 Å². The standard InChI is InChI=1S/C15H20F2N2O2/c1-15(2,3)21-14(20)19-13-7-12(13)18-8-9-4-10(16)6-11(17)5-9/h4-6,12-13,18H,7-8H2,1-3H3,(H,19,20). The molecule has 2 N–H and O–H groups in total. The summed E-state index contributed by atoms with van der Waals surface area (Å²) in [6.45, 7) is 5.75. The maximum Gasteiger partial charge on any atom is 0.407 e. The molecule has 1 saturated carbocycles. The fourth-order valence-electron chi connectivity index (χ4n) is 2.00. The zero-order chi connectivity index (χ0) is 15.6. The summed E-state index contributed by atoms with van der Waals surface area (Å²) in [4.78, 5) is 11.6. The summed E-state index contributed by atoms with van der Waals surface area (Å²) >= 11 is 0. The van der Waals surface area contributed by atoms with E-state index in [-0.39, 0.29) is 12.1 Å². The summed E-state index contributed by atoms with van der Waals surface area (Å²) in [5, 5.41) is 5.89. The Kier molecular flexibility index (Phi) is 4.46. The van der Waals surface area contributed by atoms with Crippen molar-refractivity contribution in [1.29, 1.82) is 0 Å². The normalized spacial score (nSPS) is 21.0. The van der Waals surface area contributed by atoms with E-state index in [4.69, 9.17) is 4.74 Å². The van der Waals surface area contributed by atoms with Gasteiger partial charge in [0.15, 0.2) is 0 Å². The molecule has 1 aromatic rings. The van der Waals surface area contributed by atoms with Crippen molar-refractivity contribution in [2.45, 2.75) is 51.4 Å². The number of ether oxygens (including phenoxy) is 1. The Morgan fingerprint density at radius 2 is 1.86 bits per heavy atom. The topological polar surface area (TPSA) is 50.4 Å². The SMILES string of the molecule is CC(C)(C)OC(=O)NC1CC1NCc1cc(F)cc(F)c1. The Bertz CT molecular complexity index is 509. The summed E-state index contributed by atoms with van der Waals surface area (Å²) in [5.74, 6) is -1.18. The number of rotatable bonds is 4. The summed E-state index contributed by atoms with van der Waals surface area (Å²) in [6.07, 6.45) is 0.324. The maximum atomic E-state index is 13.0. The molecule has 4 nitrogen and oxygen atoms in total. The molecule has 21 heavy (non-hydrogen) atoms. The van der Waals surface area contributed by atoms with Crippen LogP contribution in [-0.4, -0.2) is 23.8 Å². The number of alkyl carbamates (subject to hydrolysis) is 1. The molecule has 0 saturated heterocycles. The minimum atomic E-state index is -0.592. The maximum absolute atomic E-state index is 13.0. The first-order valence-corrected chi connectivity index (χ1v) is 6.91. The van der Waals surface area contributed by atoms with Gasteiger partial charge in [-0.3, -0.25) is 0 Å². The zero-order valence-corrected chi connectivity index (χ0v) is 12.4. The molecule has 1 fully saturated rings. The molecule has 116 valence electrons. The fraction of sp³-hybridized carbons (Fsp3) is 0.533. The van der Waals surface area contributed by atoms with Gasteiger partial charge in [0.25, 0.3) is 0 Å². The van der Waals surface area contributed by atoms with Crippen molar-refractivity contribution in [3.8, 4) is 0 Å². The van der Waals surface area contributed by atoms with Gasteiger partial charge in [-0.2, -0.15) is 0 Å². The third-order valence-corrected chi connectivity index (χ3v) is 2.98. The molecule has 0 radical (unpaired) electrons. The van der Waals surface area contributed by atoms with Crippen LogP contribution in [0.4, 0.5) is 13.6 Å². The van der Waals surface area contributed by atoms with E-state index < -0.39 is 23.3 Å². The lowest BCUT2D eigenvalue weighted by atomic mass is 10.2. The van der Waals surface area contributed by atoms with Crippen LogP contribution in [0.2, 0.25) is 0 Å². The summed E-state index contributed by atoms with van der Waals surface area (Å²) in [5.41, 5.74) is 0.0106. The lowest BCUT2D eigenvalue weighted by Crippen LogP contribution is -2.36. The van der Waals surface area contributed by atoms with E-state index in [1.165, 1.54) is 12.1 Å². The van der Waals surface area contributed by atoms with Gasteiger partial charge in [-0.25, -0.2) is 13.6 Å². The van der Waals surface area contributed by atoms with Gasteiger partial charge >= 0.3 is 6.09 Å². The first kappa shape index (κ1) is 15.7. The lowest BCUT2D eigenvalue weighted by molar-refractivity contribution is 0.0522. The summed E-state index contributed by atoms with van der Waals surface area (Å²) < 4.78 is 31.2. The van der Waals surface area contributed by atoms with Gasteiger partial charge in [-0.1, -0.05) is 0 Å². The number of amides is 1. The monoisotopic (exact) mass is 298 g/mol. The lowest BCUT2D eigenvalue weighted by Gasteiger charge is -2.19. The third-order valence-electron chi connectivity index (χ3n) is 2.98. The second-order valence-corrected chi connectivity index (χ2v) is 6.25. The van der Waals surface area contributed by atoms with Gasteiger partial charge in [0.1, 0.15) is 17.2 Å². The van der Waals surface area contributed by atoms with E-state index in [9.17, 15) is 13.6 Å². The second-order valence-electron chi connectivity index (χ2n) is 6.25. The molecule has 0 spiro atoms. The smallest absolute Gasteiger partial charge is 0.407 e. The van der Waals surface area contributed by atoms with Crippen molar-refractivity contribution in [3.05, 3.63) is 35.4 Å². The van der Waals surface area contributed by atoms with Crippen molar-refractivity contribution >= 4 is 6.09 Å². The van der Waals surface area contributed by atoms with Crippen LogP contribution in [0.1, 0.15) is 32.8 Å². The Morgan fingerprint density at radius 3 is 2.43 bits per heavy atom. The summed E-state index contributed by atoms with van der Waals surface area (Å²) in [7, 11) is 0. The molecule has 0 heterocycles. The van der Waals surface area contributed by atoms with Crippen molar-refractivity contribution in [3.63, 3.8) is 0 Å². The van der Waals surface area contributed by atoms with Crippen LogP contribution < -0.4 is 10.6 Å². The van der Waals surface area contributed by atoms with Crippen molar-refractivity contribution in [1.82, 2.24) is 10.6 Å². The van der Waals surface area contributed by atoms with Gasteiger partial charge in [0.05, 0.1) is 0 Å². The molecule has 1 amide bonds. The molecule has 1 aliphatic rings. The Balaban J connectivity index is 1.73. The Hall–Kier alpha value is -1.69. The molecule has 6 heteroatoms. The highest BCUT2D eigenvalue weighted by Gasteiger charge is 2.38. The number of benzene rings is 1. The molecule has 2 rings (SSSR count). The number of halogens is 2. The van der Waals surface area contributed by atoms with Crippen LogP contribution in [0.5, 0.6) is 0 Å². The quantitative estimate of drug-likeness (QED) is 0.898. The second kappa shape index (κ2) is 5.97. The highest BCUT2D eigenvalue weighted by atomic mass is 19.1. The molecule has 0 bridgehead atoms. The largest absolute Gasteiger partial charge is 0.444 e. The minimum absolute atomic E-state index is 0.00161. The van der Waals surface area contributed by atoms with Crippen LogP contribution in [0.15, 0.2) is 18.2 Å². The number of carbonyl (C=O) groups excluding carboxylic acids is 1. The van der Waals surface area contributed by atoms with Crippen molar-refractivity contribution in [2.24, 2.45) is 0 Å². The first-order chi connectivity index (χ1) is 9.73. The molecule has 2 unspecified atom stereocenters. The van der Waals surface area contributed by atoms with Gasteiger partial charge in [-0.15, -0.1) is 0 Å². The molecule has 2 atom stereocenters. The number of hydrogen-bond donors (Lipinski definition) is 2. The molecule has 1 aliphatic carbocycles. The van der Waals surface area contributed by atoms with Crippen molar-refractivity contribution in [2.75, 3.05) is 0 Å². The third kappa shape index (κ3) is 5.30. The predicted octanol–water partition coefficient (Wildman–Crippen LogP) is 2.72. The van der Waals surface area contributed by atoms with Crippen LogP contribution in [0.25, 0.3) is 0 Å². The Labute approximate surface area is 122 Å². The number of carbonyl (C=O) groups is 1. The highest BCUT2D eigenvalue weighted by molar-refractivity contribution is 5.68. The van der Waals surface area contributed by atoms with Gasteiger partial charge in [-0.05, 0) is 44.9 Å². The van der Waals surface area contributed by atoms with E-state index in [2.05, 4.69) is 10.6 Å². The highest BCUT2D eigenvalue weighted by Crippen LogP contribution is 2.22. The van der Waals surface area contributed by atoms with Crippen molar-refractivity contribution < 1.29 is 18.3 Å². The molecule has 0 aliphatic heterocycles. The van der Waals surface area contributed by atoms with E-state index in [1.54, 1.807) is 20.8 Å². The van der Waals surface area contributed by atoms with Crippen LogP contribution >= 0.6 is 0 Å². The van der Waals surface area contributed by atoms with Crippen LogP contribution in [0.3, 0.4) is 0 Å². The molecule has 0 aromatic heterocycles. The molecule has 1 aromatic carbocycles. The zero-order valence-electron chi connectivity index (χ0n) is 12.4. The predicted molar refractivity (Wildman–Crippen MR) is 74.8 cm³/mol. The Morgan fingerprint density at radius 1 is 1.24 bits per heavy atom. The van der Waals surface area contributed by atoms with E-state index in [1.807, 2.05) is 0 Å². The average Bonchev–Trinajstić information content (AvgIpc) is 3.00. The van der Waals surface area contributed by atoms with Gasteiger partial charge in [0, 0.05) is 24.7 Å². The van der Waals surface area contributed by atoms with Gasteiger partial charge < -0.3 is 15.4 Å². The number of hydrogen-bond acceptors (Lipinski definition) is 3. The van der Waals surface area contributed by atoms with Gasteiger partial charge in [0.2, 0.25) is 0 Å². The van der Waals surface area contributed by atoms with E-state index >= 15 is 0 Å². The summed E-state index contributed by atoms with van der Waals surface area (Å²) in [6, 6.07) is 3.51. The molecular weight excluding hydrogens is 278 g/mol. The number of nitrogens with one attached hydrogen (secondary N) is 2. The van der Waals surface area contributed by atoms with Crippen LogP contribution in [-0.2, 0) is 11.3 Å².